The van der Waals surface area contributed by atoms with Crippen LogP contribution in [-0.4, -0.2) is 49.6 Å². The number of hydrogen-bond acceptors (Lipinski definition) is 3. The van der Waals surface area contributed by atoms with Crippen LogP contribution >= 0.6 is 0 Å². The third-order valence-electron chi connectivity index (χ3n) is 3.75. The minimum Gasteiger partial charge on any atom is -0.384 e. The Labute approximate surface area is 129 Å². The molecule has 2 amide bonds. The highest BCUT2D eigenvalue weighted by molar-refractivity contribution is 5.94. The zero-order valence-electron chi connectivity index (χ0n) is 12.7. The van der Waals surface area contributed by atoms with Crippen LogP contribution in [0.3, 0.4) is 0 Å². The average molecular weight is 308 g/mol. The first kappa shape index (κ1) is 16.4. The Morgan fingerprint density at radius 2 is 2.09 bits per heavy atom. The van der Waals surface area contributed by atoms with E-state index in [9.17, 15) is 14.0 Å². The highest BCUT2D eigenvalue weighted by atomic mass is 19.1. The van der Waals surface area contributed by atoms with Crippen LogP contribution in [0.1, 0.15) is 29.6 Å². The van der Waals surface area contributed by atoms with Gasteiger partial charge in [0.25, 0.3) is 5.91 Å². The number of piperidine rings is 1. The summed E-state index contributed by atoms with van der Waals surface area (Å²) in [6.45, 7) is 1.53. The van der Waals surface area contributed by atoms with Crippen LogP contribution < -0.4 is 5.32 Å². The topological polar surface area (TPSA) is 58.6 Å². The number of carbonyl (C=O) groups excluding carboxylic acids is 2. The molecule has 1 fully saturated rings. The fourth-order valence-electron chi connectivity index (χ4n) is 2.53. The van der Waals surface area contributed by atoms with Gasteiger partial charge in [-0.2, -0.15) is 0 Å². The number of ether oxygens (including phenoxy) is 1. The molecule has 1 aliphatic heterocycles. The summed E-state index contributed by atoms with van der Waals surface area (Å²) in [7, 11) is 1.56. The standard InChI is InChI=1S/C16H21FN2O3/c1-22-10-7-15(20)18-14-5-8-19(9-6-14)16(21)12-3-2-4-13(17)11-12/h2-4,11,14H,5-10H2,1H3,(H,18,20). The molecule has 1 N–H and O–H groups in total. The molecule has 1 heterocycles. The molecule has 0 spiro atoms. The van der Waals surface area contributed by atoms with E-state index >= 15 is 0 Å². The van der Waals surface area contributed by atoms with Crippen LogP contribution in [-0.2, 0) is 9.53 Å². The van der Waals surface area contributed by atoms with Gasteiger partial charge < -0.3 is 15.0 Å². The lowest BCUT2D eigenvalue weighted by molar-refractivity contribution is -0.122. The van der Waals surface area contributed by atoms with Gasteiger partial charge in [-0.05, 0) is 31.0 Å². The lowest BCUT2D eigenvalue weighted by Gasteiger charge is -2.32. The Bertz CT molecular complexity index is 528. The van der Waals surface area contributed by atoms with Gasteiger partial charge in [-0.25, -0.2) is 4.39 Å². The van der Waals surface area contributed by atoms with E-state index in [-0.39, 0.29) is 17.9 Å². The molecule has 1 saturated heterocycles. The van der Waals surface area contributed by atoms with E-state index in [1.807, 2.05) is 0 Å². The highest BCUT2D eigenvalue weighted by Gasteiger charge is 2.24. The van der Waals surface area contributed by atoms with Crippen molar-refractivity contribution in [3.63, 3.8) is 0 Å². The zero-order valence-corrected chi connectivity index (χ0v) is 12.7. The molecule has 6 heteroatoms. The fraction of sp³-hybridized carbons (Fsp3) is 0.500. The van der Waals surface area contributed by atoms with E-state index in [4.69, 9.17) is 4.74 Å². The van der Waals surface area contributed by atoms with Crippen molar-refractivity contribution < 1.29 is 18.7 Å². The summed E-state index contributed by atoms with van der Waals surface area (Å²) in [5.41, 5.74) is 0.364. The second-order valence-corrected chi connectivity index (χ2v) is 5.39. The number of benzene rings is 1. The first-order valence-electron chi connectivity index (χ1n) is 7.43. The van der Waals surface area contributed by atoms with Gasteiger partial charge in [-0.3, -0.25) is 9.59 Å². The van der Waals surface area contributed by atoms with E-state index in [2.05, 4.69) is 5.32 Å². The van der Waals surface area contributed by atoms with Crippen LogP contribution in [0.15, 0.2) is 24.3 Å². The predicted octanol–water partition coefficient (Wildman–Crippen LogP) is 1.58. The number of halogens is 1. The summed E-state index contributed by atoms with van der Waals surface area (Å²) in [4.78, 5) is 25.6. The lowest BCUT2D eigenvalue weighted by Crippen LogP contribution is -2.46. The third kappa shape index (κ3) is 4.53. The maximum absolute atomic E-state index is 13.2. The van der Waals surface area contributed by atoms with Crippen LogP contribution in [0.2, 0.25) is 0 Å². The Hall–Kier alpha value is -1.95. The number of nitrogens with one attached hydrogen (secondary N) is 1. The zero-order chi connectivity index (χ0) is 15.9. The van der Waals surface area contributed by atoms with Gasteiger partial charge in [0, 0.05) is 38.2 Å². The summed E-state index contributed by atoms with van der Waals surface area (Å²) in [5, 5.41) is 2.95. The molecular weight excluding hydrogens is 287 g/mol. The lowest BCUT2D eigenvalue weighted by atomic mass is 10.0. The van der Waals surface area contributed by atoms with E-state index in [0.29, 0.717) is 44.5 Å². The van der Waals surface area contributed by atoms with Crippen molar-refractivity contribution in [2.45, 2.75) is 25.3 Å². The number of nitrogens with zero attached hydrogens (tertiary/aromatic N) is 1. The molecule has 0 atom stereocenters. The van der Waals surface area contributed by atoms with E-state index < -0.39 is 5.82 Å². The quantitative estimate of drug-likeness (QED) is 0.898. The van der Waals surface area contributed by atoms with Gasteiger partial charge in [0.1, 0.15) is 5.82 Å². The minimum atomic E-state index is -0.411. The highest BCUT2D eigenvalue weighted by Crippen LogP contribution is 2.15. The molecule has 0 radical (unpaired) electrons. The minimum absolute atomic E-state index is 0.0308. The van der Waals surface area contributed by atoms with E-state index in [0.717, 1.165) is 0 Å². The molecule has 120 valence electrons. The SMILES string of the molecule is COCCC(=O)NC1CCN(C(=O)c2cccc(F)c2)CC1. The van der Waals surface area contributed by atoms with Crippen molar-refractivity contribution in [3.8, 4) is 0 Å². The molecule has 2 rings (SSSR count). The molecule has 0 bridgehead atoms. The normalized spacial score (nSPS) is 15.6. The largest absolute Gasteiger partial charge is 0.384 e. The Morgan fingerprint density at radius 1 is 1.36 bits per heavy atom. The monoisotopic (exact) mass is 308 g/mol. The van der Waals surface area contributed by atoms with Crippen molar-refractivity contribution >= 4 is 11.8 Å². The third-order valence-corrected chi connectivity index (χ3v) is 3.75. The molecule has 5 nitrogen and oxygen atoms in total. The fourth-order valence-corrected chi connectivity index (χ4v) is 2.53. The Morgan fingerprint density at radius 3 is 2.73 bits per heavy atom. The Kier molecular flexibility index (Phi) is 5.89. The van der Waals surface area contributed by atoms with Crippen LogP contribution in [0.4, 0.5) is 4.39 Å². The van der Waals surface area contributed by atoms with Gasteiger partial charge in [0.2, 0.25) is 5.91 Å². The average Bonchev–Trinajstić information content (AvgIpc) is 2.53. The number of hydrogen-bond donors (Lipinski definition) is 1. The smallest absolute Gasteiger partial charge is 0.253 e. The number of carbonyl (C=O) groups is 2. The van der Waals surface area contributed by atoms with Crippen molar-refractivity contribution in [2.24, 2.45) is 0 Å². The van der Waals surface area contributed by atoms with E-state index in [1.54, 1.807) is 18.1 Å². The molecule has 0 aromatic heterocycles. The molecule has 1 aromatic carbocycles. The van der Waals surface area contributed by atoms with Crippen molar-refractivity contribution in [1.29, 1.82) is 0 Å². The first-order chi connectivity index (χ1) is 10.6. The first-order valence-corrected chi connectivity index (χ1v) is 7.43. The maximum atomic E-state index is 13.2. The van der Waals surface area contributed by atoms with Crippen molar-refractivity contribution in [3.05, 3.63) is 35.6 Å². The molecule has 1 aliphatic rings. The van der Waals surface area contributed by atoms with Gasteiger partial charge in [0.15, 0.2) is 0 Å². The maximum Gasteiger partial charge on any atom is 0.253 e. The van der Waals surface area contributed by atoms with E-state index in [1.165, 1.54) is 18.2 Å². The number of rotatable bonds is 5. The molecule has 1 aromatic rings. The van der Waals surface area contributed by atoms with Gasteiger partial charge in [-0.15, -0.1) is 0 Å². The predicted molar refractivity (Wildman–Crippen MR) is 80.0 cm³/mol. The summed E-state index contributed by atoms with van der Waals surface area (Å²) in [6, 6.07) is 5.80. The van der Waals surface area contributed by atoms with Crippen molar-refractivity contribution in [1.82, 2.24) is 10.2 Å². The van der Waals surface area contributed by atoms with Crippen LogP contribution in [0.25, 0.3) is 0 Å². The number of likely N-dealkylation sites (tertiary alicyclic amines) is 1. The van der Waals surface area contributed by atoms with Crippen LogP contribution in [0.5, 0.6) is 0 Å². The van der Waals surface area contributed by atoms with Gasteiger partial charge in [0.05, 0.1) is 6.61 Å². The number of methoxy groups -OCH3 is 1. The second kappa shape index (κ2) is 7.89. The second-order valence-electron chi connectivity index (χ2n) is 5.39. The molecular formula is C16H21FN2O3. The number of amides is 2. The molecule has 0 unspecified atom stereocenters. The Balaban J connectivity index is 1.82. The molecule has 0 aliphatic carbocycles. The van der Waals surface area contributed by atoms with Gasteiger partial charge >= 0.3 is 0 Å². The summed E-state index contributed by atoms with van der Waals surface area (Å²) < 4.78 is 18.0. The summed E-state index contributed by atoms with van der Waals surface area (Å²) >= 11 is 0. The van der Waals surface area contributed by atoms with Crippen LogP contribution in [0, 0.1) is 5.82 Å². The molecule has 0 saturated carbocycles. The molecule has 22 heavy (non-hydrogen) atoms. The summed E-state index contributed by atoms with van der Waals surface area (Å²) in [6.07, 6.45) is 1.76. The van der Waals surface area contributed by atoms with Gasteiger partial charge in [-0.1, -0.05) is 6.07 Å². The van der Waals surface area contributed by atoms with Crippen molar-refractivity contribution in [2.75, 3.05) is 26.8 Å². The summed E-state index contributed by atoms with van der Waals surface area (Å²) in [5.74, 6) is -0.605.